The lowest BCUT2D eigenvalue weighted by Gasteiger charge is -2.44. The lowest BCUT2D eigenvalue weighted by atomic mass is 9.87. The van der Waals surface area contributed by atoms with Gasteiger partial charge in [-0.25, -0.2) is 4.79 Å². The molecular weight excluding hydrogens is 339 g/mol. The summed E-state index contributed by atoms with van der Waals surface area (Å²) in [6.45, 7) is 16.2. The Balaban J connectivity index is 3.15. The first kappa shape index (κ1) is 21.9. The molecule has 0 aromatic rings. The summed E-state index contributed by atoms with van der Waals surface area (Å²) in [5, 5.41) is 0. The van der Waals surface area contributed by atoms with E-state index in [0.29, 0.717) is 12.4 Å². The molecule has 0 N–H and O–H groups in total. The maximum absolute atomic E-state index is 13.6. The van der Waals surface area contributed by atoms with Crippen LogP contribution in [-0.2, 0) is 4.74 Å². The second-order valence-corrected chi connectivity index (χ2v) is 10.4. The van der Waals surface area contributed by atoms with Gasteiger partial charge in [0.15, 0.2) is 0 Å². The van der Waals surface area contributed by atoms with E-state index in [4.69, 9.17) is 4.74 Å². The summed E-state index contributed by atoms with van der Waals surface area (Å²) in [6.07, 6.45) is 4.39. The predicted octanol–water partition coefficient (Wildman–Crippen LogP) is 5.73. The molecule has 0 unspecified atom stereocenters. The molecule has 1 rings (SSSR count). The zero-order valence-electron chi connectivity index (χ0n) is 17.1. The molecule has 0 spiro atoms. The van der Waals surface area contributed by atoms with E-state index in [1.54, 1.807) is 7.05 Å². The average molecular weight is 373 g/mol. The van der Waals surface area contributed by atoms with Crippen LogP contribution in [0.5, 0.6) is 0 Å². The quantitative estimate of drug-likeness (QED) is 0.631. The van der Waals surface area contributed by atoms with Crippen molar-refractivity contribution in [2.75, 3.05) is 13.6 Å². The van der Waals surface area contributed by atoms with Crippen molar-refractivity contribution in [1.29, 1.82) is 0 Å². The molecule has 1 aliphatic heterocycles. The lowest BCUT2D eigenvalue weighted by Crippen LogP contribution is -2.48. The minimum Gasteiger partial charge on any atom is -0.443 e. The first-order valence-electron chi connectivity index (χ1n) is 8.60. The highest BCUT2D eigenvalue weighted by Gasteiger charge is 2.36. The van der Waals surface area contributed by atoms with Crippen molar-refractivity contribution in [2.45, 2.75) is 72.3 Å². The smallest absolute Gasteiger partial charge is 0.415 e. The Morgan fingerprint density at radius 3 is 2.20 bits per heavy atom. The fraction of sp³-hybridized carbons (Fsp3) is 0.737. The van der Waals surface area contributed by atoms with Crippen molar-refractivity contribution in [3.8, 4) is 0 Å². The van der Waals surface area contributed by atoms with Crippen LogP contribution in [-0.4, -0.2) is 40.0 Å². The van der Waals surface area contributed by atoms with Crippen LogP contribution in [0, 0.1) is 5.41 Å². The highest BCUT2D eigenvalue weighted by atomic mass is 32.2. The van der Waals surface area contributed by atoms with E-state index < -0.39 is 16.6 Å². The molecule has 0 radical (unpaired) electrons. The van der Waals surface area contributed by atoms with Crippen molar-refractivity contribution in [3.63, 3.8) is 0 Å². The van der Waals surface area contributed by atoms with E-state index in [-0.39, 0.29) is 17.6 Å². The van der Waals surface area contributed by atoms with E-state index in [9.17, 15) is 8.68 Å². The van der Waals surface area contributed by atoms with Crippen LogP contribution < -0.4 is 0 Å². The van der Waals surface area contributed by atoms with E-state index in [0.717, 1.165) is 6.42 Å². The molecule has 6 heteroatoms. The summed E-state index contributed by atoms with van der Waals surface area (Å²) in [4.78, 5) is 15.0. The molecule has 144 valence electrons. The molecule has 0 atom stereocenters. The highest BCUT2D eigenvalue weighted by Crippen LogP contribution is 2.38. The Bertz CT molecular complexity index is 557. The number of carbonyl (C=O) groups excluding carboxylic acids is 1. The number of amides is 1. The summed E-state index contributed by atoms with van der Waals surface area (Å²) in [5.74, 6) is 0.641. The number of rotatable bonds is 4. The normalized spacial score (nSPS) is 16.3. The van der Waals surface area contributed by atoms with Gasteiger partial charge in [-0.3, -0.25) is 4.90 Å². The Morgan fingerprint density at radius 2 is 1.76 bits per heavy atom. The molecule has 1 aliphatic rings. The molecule has 1 amide bonds. The number of carbonyl (C=O) groups is 1. The molecule has 4 nitrogen and oxygen atoms in total. The third kappa shape index (κ3) is 6.57. The maximum atomic E-state index is 13.6. The van der Waals surface area contributed by atoms with Crippen molar-refractivity contribution >= 4 is 18.2 Å². The molecule has 0 bridgehead atoms. The molecule has 0 aromatic carbocycles. The van der Waals surface area contributed by atoms with Gasteiger partial charge in [-0.05, 0) is 52.5 Å². The summed E-state index contributed by atoms with van der Waals surface area (Å²) < 4.78 is 19.1. The van der Waals surface area contributed by atoms with Crippen LogP contribution in [0.4, 0.5) is 8.68 Å². The first-order chi connectivity index (χ1) is 11.2. The van der Waals surface area contributed by atoms with Crippen LogP contribution >= 0.6 is 12.1 Å². The standard InChI is InChI=1S/C19H33FN2O2S/c1-17(2,3)12-14-10-11-15(22(13-14)19(7,8)25-20)21(9)16(23)24-18(4,5)6/h10-11H,12-13H2,1-9H3. The molecule has 0 saturated carbocycles. The summed E-state index contributed by atoms with van der Waals surface area (Å²) in [5.41, 5.74) is 0.784. The van der Waals surface area contributed by atoms with Gasteiger partial charge in [-0.15, -0.1) is 0 Å². The molecule has 25 heavy (non-hydrogen) atoms. The molecule has 0 fully saturated rings. The van der Waals surface area contributed by atoms with E-state index in [2.05, 4.69) is 20.8 Å². The van der Waals surface area contributed by atoms with Gasteiger partial charge in [0.25, 0.3) is 0 Å². The van der Waals surface area contributed by atoms with E-state index >= 15 is 0 Å². The molecule has 0 saturated heterocycles. The zero-order valence-corrected chi connectivity index (χ0v) is 17.9. The largest absolute Gasteiger partial charge is 0.443 e. The van der Waals surface area contributed by atoms with Crippen LogP contribution in [0.3, 0.4) is 0 Å². The molecular formula is C19H33FN2O2S. The fourth-order valence-electron chi connectivity index (χ4n) is 2.64. The number of nitrogens with zero attached hydrogens (tertiary/aromatic N) is 2. The van der Waals surface area contributed by atoms with Gasteiger partial charge < -0.3 is 9.64 Å². The number of hydrogen-bond acceptors (Lipinski definition) is 4. The zero-order chi connectivity index (χ0) is 19.6. The van der Waals surface area contributed by atoms with Crippen LogP contribution in [0.2, 0.25) is 0 Å². The van der Waals surface area contributed by atoms with Gasteiger partial charge in [-0.2, -0.15) is 3.89 Å². The van der Waals surface area contributed by atoms with Crippen molar-refractivity contribution < 1.29 is 13.4 Å². The van der Waals surface area contributed by atoms with Crippen LogP contribution in [0.1, 0.15) is 61.8 Å². The van der Waals surface area contributed by atoms with Crippen molar-refractivity contribution in [2.24, 2.45) is 5.41 Å². The lowest BCUT2D eigenvalue weighted by molar-refractivity contribution is 0.0280. The molecule has 0 aliphatic carbocycles. The number of ether oxygens (including phenoxy) is 1. The minimum atomic E-state index is -0.792. The second-order valence-electron chi connectivity index (χ2n) is 9.24. The monoisotopic (exact) mass is 372 g/mol. The van der Waals surface area contributed by atoms with E-state index in [1.165, 1.54) is 10.5 Å². The van der Waals surface area contributed by atoms with Gasteiger partial charge in [0.2, 0.25) is 0 Å². The fourth-order valence-corrected chi connectivity index (χ4v) is 2.88. The second kappa shape index (κ2) is 7.60. The van der Waals surface area contributed by atoms with Crippen LogP contribution in [0.15, 0.2) is 23.5 Å². The van der Waals surface area contributed by atoms with Crippen LogP contribution in [0.25, 0.3) is 0 Å². The Morgan fingerprint density at radius 1 is 1.20 bits per heavy atom. The SMILES string of the molecule is CN(C(=O)OC(C)(C)C)C1=CC=C(CC(C)(C)C)CN1C(C)(C)SF. The topological polar surface area (TPSA) is 32.8 Å². The minimum absolute atomic E-state index is 0.146. The number of halogens is 1. The maximum Gasteiger partial charge on any atom is 0.415 e. The number of hydrogen-bond donors (Lipinski definition) is 0. The van der Waals surface area contributed by atoms with Gasteiger partial charge in [0.05, 0.1) is 12.1 Å². The van der Waals surface area contributed by atoms with Gasteiger partial charge in [0.1, 0.15) is 16.3 Å². The summed E-state index contributed by atoms with van der Waals surface area (Å²) in [6, 6.07) is 0. The number of allylic oxidation sites excluding steroid dienone is 2. The highest BCUT2D eigenvalue weighted by molar-refractivity contribution is 7.95. The Kier molecular flexibility index (Phi) is 6.65. The van der Waals surface area contributed by atoms with E-state index in [1.807, 2.05) is 51.7 Å². The van der Waals surface area contributed by atoms with Gasteiger partial charge in [-0.1, -0.05) is 32.4 Å². The third-order valence-corrected chi connectivity index (χ3v) is 4.31. The Labute approximate surface area is 156 Å². The van der Waals surface area contributed by atoms with Gasteiger partial charge >= 0.3 is 6.09 Å². The van der Waals surface area contributed by atoms with Crippen molar-refractivity contribution in [3.05, 3.63) is 23.5 Å². The first-order valence-corrected chi connectivity index (χ1v) is 9.32. The van der Waals surface area contributed by atoms with Gasteiger partial charge in [0, 0.05) is 13.6 Å². The Hall–Kier alpha value is -1.17. The summed E-state index contributed by atoms with van der Waals surface area (Å²) in [7, 11) is 1.66. The predicted molar refractivity (Wildman–Crippen MR) is 104 cm³/mol. The molecule has 0 aromatic heterocycles. The van der Waals surface area contributed by atoms with Crippen molar-refractivity contribution in [1.82, 2.24) is 9.80 Å². The third-order valence-electron chi connectivity index (χ3n) is 3.71. The molecule has 1 heterocycles. The summed E-state index contributed by atoms with van der Waals surface area (Å²) >= 11 is 0.279. The average Bonchev–Trinajstić information content (AvgIpc) is 2.43.